The molecule has 0 bridgehead atoms. The minimum Gasteiger partial charge on any atom is -0.395 e. The number of carbonyl (C=O) groups is 1. The minimum atomic E-state index is -0.139. The summed E-state index contributed by atoms with van der Waals surface area (Å²) in [5.41, 5.74) is 1.80. The zero-order valence-electron chi connectivity index (χ0n) is 10.1. The molecule has 1 aromatic carbocycles. The second-order valence-corrected chi connectivity index (χ2v) is 4.81. The van der Waals surface area contributed by atoms with E-state index in [0.29, 0.717) is 12.1 Å². The number of aliphatic hydroxyl groups is 1. The lowest BCUT2D eigenvalue weighted by Crippen LogP contribution is -2.26. The molecule has 2 N–H and O–H groups in total. The molecule has 0 spiro atoms. The molecule has 0 saturated heterocycles. The SMILES string of the molecule is CC(C)(C)c1cccc(C(=O)NCCO)c1. The predicted octanol–water partition coefficient (Wildman–Crippen LogP) is 1.71. The van der Waals surface area contributed by atoms with Crippen molar-refractivity contribution in [3.8, 4) is 0 Å². The van der Waals surface area contributed by atoms with Crippen LogP contribution in [0.2, 0.25) is 0 Å². The molecule has 0 aliphatic rings. The molecule has 0 aliphatic carbocycles. The molecule has 1 amide bonds. The standard InChI is InChI=1S/C13H19NO2/c1-13(2,3)11-6-4-5-10(9-11)12(16)14-7-8-15/h4-6,9,15H,7-8H2,1-3H3,(H,14,16). The van der Waals surface area contributed by atoms with Crippen molar-refractivity contribution in [2.45, 2.75) is 26.2 Å². The van der Waals surface area contributed by atoms with E-state index in [4.69, 9.17) is 5.11 Å². The van der Waals surface area contributed by atoms with Crippen LogP contribution in [0.15, 0.2) is 24.3 Å². The fraction of sp³-hybridized carbons (Fsp3) is 0.462. The summed E-state index contributed by atoms with van der Waals surface area (Å²) < 4.78 is 0. The van der Waals surface area contributed by atoms with Crippen LogP contribution in [0.5, 0.6) is 0 Å². The zero-order valence-corrected chi connectivity index (χ0v) is 10.1. The van der Waals surface area contributed by atoms with E-state index in [1.165, 1.54) is 0 Å². The van der Waals surface area contributed by atoms with Crippen LogP contribution in [0, 0.1) is 0 Å². The maximum absolute atomic E-state index is 11.7. The summed E-state index contributed by atoms with van der Waals surface area (Å²) in [5, 5.41) is 11.3. The van der Waals surface area contributed by atoms with Gasteiger partial charge >= 0.3 is 0 Å². The Morgan fingerprint density at radius 2 is 2.06 bits per heavy atom. The number of hydrogen-bond acceptors (Lipinski definition) is 2. The first-order chi connectivity index (χ1) is 7.45. The highest BCUT2D eigenvalue weighted by molar-refractivity contribution is 5.94. The number of nitrogens with one attached hydrogen (secondary N) is 1. The molecule has 3 heteroatoms. The molecule has 0 aromatic heterocycles. The van der Waals surface area contributed by atoms with Crippen LogP contribution < -0.4 is 5.32 Å². The molecule has 0 fully saturated rings. The maximum Gasteiger partial charge on any atom is 0.251 e. The lowest BCUT2D eigenvalue weighted by atomic mass is 9.86. The molecule has 0 unspecified atom stereocenters. The second kappa shape index (κ2) is 5.12. The van der Waals surface area contributed by atoms with Gasteiger partial charge in [0.05, 0.1) is 6.61 Å². The summed E-state index contributed by atoms with van der Waals surface area (Å²) in [7, 11) is 0. The van der Waals surface area contributed by atoms with Gasteiger partial charge in [0.2, 0.25) is 0 Å². The molecule has 0 radical (unpaired) electrons. The lowest BCUT2D eigenvalue weighted by molar-refractivity contribution is 0.0944. The summed E-state index contributed by atoms with van der Waals surface area (Å²) in [6, 6.07) is 7.58. The normalized spacial score (nSPS) is 11.2. The first-order valence-corrected chi connectivity index (χ1v) is 5.45. The Labute approximate surface area is 96.5 Å². The molecule has 0 heterocycles. The molecule has 0 aliphatic heterocycles. The second-order valence-electron chi connectivity index (χ2n) is 4.81. The van der Waals surface area contributed by atoms with Gasteiger partial charge in [0, 0.05) is 12.1 Å². The van der Waals surface area contributed by atoms with Crippen molar-refractivity contribution < 1.29 is 9.90 Å². The molecular formula is C13H19NO2. The van der Waals surface area contributed by atoms with Gasteiger partial charge in [-0.2, -0.15) is 0 Å². The summed E-state index contributed by atoms with van der Waals surface area (Å²) in [6.07, 6.45) is 0. The number of amides is 1. The topological polar surface area (TPSA) is 49.3 Å². The highest BCUT2D eigenvalue weighted by Crippen LogP contribution is 2.22. The fourth-order valence-electron chi connectivity index (χ4n) is 1.40. The van der Waals surface area contributed by atoms with Crippen LogP contribution in [-0.2, 0) is 5.41 Å². The smallest absolute Gasteiger partial charge is 0.251 e. The molecule has 3 nitrogen and oxygen atoms in total. The highest BCUT2D eigenvalue weighted by Gasteiger charge is 2.15. The van der Waals surface area contributed by atoms with E-state index in [-0.39, 0.29) is 17.9 Å². The summed E-state index contributed by atoms with van der Waals surface area (Å²) >= 11 is 0. The van der Waals surface area contributed by atoms with Crippen LogP contribution in [-0.4, -0.2) is 24.2 Å². The average Bonchev–Trinajstić information content (AvgIpc) is 2.25. The molecule has 16 heavy (non-hydrogen) atoms. The summed E-state index contributed by atoms with van der Waals surface area (Å²) in [5.74, 6) is -0.139. The first kappa shape index (κ1) is 12.7. The Bertz CT molecular complexity index is 366. The predicted molar refractivity (Wildman–Crippen MR) is 64.6 cm³/mol. The molecular weight excluding hydrogens is 202 g/mol. The Balaban J connectivity index is 2.86. The Hall–Kier alpha value is -1.35. The van der Waals surface area contributed by atoms with E-state index >= 15 is 0 Å². The van der Waals surface area contributed by atoms with Crippen molar-refractivity contribution in [2.24, 2.45) is 0 Å². The van der Waals surface area contributed by atoms with Crippen LogP contribution in [0.1, 0.15) is 36.7 Å². The maximum atomic E-state index is 11.7. The van der Waals surface area contributed by atoms with Gasteiger partial charge in [-0.3, -0.25) is 4.79 Å². The van der Waals surface area contributed by atoms with Gasteiger partial charge in [0.15, 0.2) is 0 Å². The van der Waals surface area contributed by atoms with Crippen molar-refractivity contribution in [3.05, 3.63) is 35.4 Å². The lowest BCUT2D eigenvalue weighted by Gasteiger charge is -2.19. The number of rotatable bonds is 3. The molecule has 88 valence electrons. The van der Waals surface area contributed by atoms with Gasteiger partial charge in [0.1, 0.15) is 0 Å². The van der Waals surface area contributed by atoms with Crippen molar-refractivity contribution in [2.75, 3.05) is 13.2 Å². The monoisotopic (exact) mass is 221 g/mol. The number of hydrogen-bond donors (Lipinski definition) is 2. The van der Waals surface area contributed by atoms with Gasteiger partial charge in [-0.25, -0.2) is 0 Å². The third kappa shape index (κ3) is 3.35. The van der Waals surface area contributed by atoms with Crippen molar-refractivity contribution >= 4 is 5.91 Å². The van der Waals surface area contributed by atoms with E-state index in [2.05, 4.69) is 26.1 Å². The molecule has 0 saturated carbocycles. The Morgan fingerprint density at radius 1 is 1.38 bits per heavy atom. The van der Waals surface area contributed by atoms with Gasteiger partial charge in [0.25, 0.3) is 5.91 Å². The number of aliphatic hydroxyl groups excluding tert-OH is 1. The van der Waals surface area contributed by atoms with Crippen LogP contribution in [0.3, 0.4) is 0 Å². The third-order valence-corrected chi connectivity index (χ3v) is 2.39. The number of benzene rings is 1. The Morgan fingerprint density at radius 3 is 2.62 bits per heavy atom. The van der Waals surface area contributed by atoms with E-state index in [1.54, 1.807) is 6.07 Å². The quantitative estimate of drug-likeness (QED) is 0.816. The van der Waals surface area contributed by atoms with Gasteiger partial charge in [-0.15, -0.1) is 0 Å². The fourth-order valence-corrected chi connectivity index (χ4v) is 1.40. The minimum absolute atomic E-state index is 0.0350. The third-order valence-electron chi connectivity index (χ3n) is 2.39. The van der Waals surface area contributed by atoms with Crippen LogP contribution >= 0.6 is 0 Å². The Kier molecular flexibility index (Phi) is 4.07. The van der Waals surface area contributed by atoms with Gasteiger partial charge < -0.3 is 10.4 Å². The van der Waals surface area contributed by atoms with Crippen molar-refractivity contribution in [1.29, 1.82) is 0 Å². The average molecular weight is 221 g/mol. The van der Waals surface area contributed by atoms with E-state index in [1.807, 2.05) is 18.2 Å². The van der Waals surface area contributed by atoms with Crippen molar-refractivity contribution in [1.82, 2.24) is 5.32 Å². The first-order valence-electron chi connectivity index (χ1n) is 5.45. The van der Waals surface area contributed by atoms with Crippen LogP contribution in [0.4, 0.5) is 0 Å². The summed E-state index contributed by atoms with van der Waals surface area (Å²) in [6.45, 7) is 6.58. The highest BCUT2D eigenvalue weighted by atomic mass is 16.3. The number of carbonyl (C=O) groups excluding carboxylic acids is 1. The van der Waals surface area contributed by atoms with E-state index in [9.17, 15) is 4.79 Å². The van der Waals surface area contributed by atoms with E-state index in [0.717, 1.165) is 5.56 Å². The molecule has 1 aromatic rings. The summed E-state index contributed by atoms with van der Waals surface area (Å²) in [4.78, 5) is 11.7. The molecule has 1 rings (SSSR count). The van der Waals surface area contributed by atoms with Gasteiger partial charge in [-0.1, -0.05) is 32.9 Å². The zero-order chi connectivity index (χ0) is 12.2. The molecule has 0 atom stereocenters. The van der Waals surface area contributed by atoms with Gasteiger partial charge in [-0.05, 0) is 23.1 Å². The largest absolute Gasteiger partial charge is 0.395 e. The van der Waals surface area contributed by atoms with Crippen LogP contribution in [0.25, 0.3) is 0 Å². The van der Waals surface area contributed by atoms with Crippen molar-refractivity contribution in [3.63, 3.8) is 0 Å². The van der Waals surface area contributed by atoms with E-state index < -0.39 is 0 Å².